The molecular formula is C36H72ClNO4. The van der Waals surface area contributed by atoms with Gasteiger partial charge in [-0.05, 0) is 12.8 Å². The number of unbranched alkanes of at least 4 members (excludes halogenated alkanes) is 24. The minimum Gasteiger partial charge on any atom is -1.00 e. The van der Waals surface area contributed by atoms with Crippen LogP contribution in [0.4, 0.5) is 0 Å². The molecule has 0 saturated carbocycles. The summed E-state index contributed by atoms with van der Waals surface area (Å²) in [5, 5.41) is 0. The van der Waals surface area contributed by atoms with E-state index in [2.05, 4.69) is 13.8 Å². The quantitative estimate of drug-likeness (QED) is 0.0531. The SMILES string of the molecule is CCCCCCCCCCCCCCCC(=O)OC(C[NH+](C)C)OC(=O)CCCCCCCCCCCCCCC.[Cl-]. The summed E-state index contributed by atoms with van der Waals surface area (Å²) in [6, 6.07) is 0. The number of hydrogen-bond acceptors (Lipinski definition) is 4. The lowest BCUT2D eigenvalue weighted by Crippen LogP contribution is -3.07. The Morgan fingerprint density at radius 1 is 0.452 bits per heavy atom. The van der Waals surface area contributed by atoms with Gasteiger partial charge in [-0.2, -0.15) is 0 Å². The Labute approximate surface area is 268 Å². The zero-order chi connectivity index (χ0) is 30.2. The Hall–Kier alpha value is -0.810. The fourth-order valence-electron chi connectivity index (χ4n) is 5.43. The van der Waals surface area contributed by atoms with E-state index in [1.54, 1.807) is 0 Å². The average molecular weight is 618 g/mol. The van der Waals surface area contributed by atoms with Crippen molar-refractivity contribution >= 4 is 11.9 Å². The predicted molar refractivity (Wildman–Crippen MR) is 174 cm³/mol. The normalized spacial score (nSPS) is 11.2. The van der Waals surface area contributed by atoms with E-state index in [4.69, 9.17) is 9.47 Å². The molecule has 0 unspecified atom stereocenters. The number of likely N-dealkylation sites (N-methyl/N-ethyl adjacent to an activating group) is 1. The summed E-state index contributed by atoms with van der Waals surface area (Å²) >= 11 is 0. The van der Waals surface area contributed by atoms with E-state index < -0.39 is 6.29 Å². The summed E-state index contributed by atoms with van der Waals surface area (Å²) in [6.07, 6.45) is 33.4. The first-order valence-corrected chi connectivity index (χ1v) is 18.2. The molecule has 0 radical (unpaired) electrons. The van der Waals surface area contributed by atoms with Gasteiger partial charge in [-0.3, -0.25) is 9.59 Å². The van der Waals surface area contributed by atoms with Crippen LogP contribution in [-0.2, 0) is 19.1 Å². The molecule has 1 N–H and O–H groups in total. The number of halogens is 1. The lowest BCUT2D eigenvalue weighted by molar-refractivity contribution is -0.864. The van der Waals surface area contributed by atoms with Crippen molar-refractivity contribution in [2.45, 2.75) is 200 Å². The number of nitrogens with one attached hydrogen (secondary N) is 1. The minimum atomic E-state index is -0.774. The molecule has 0 amide bonds. The van der Waals surface area contributed by atoms with Gasteiger partial charge in [0.1, 0.15) is 0 Å². The number of rotatable bonds is 32. The fourth-order valence-corrected chi connectivity index (χ4v) is 5.43. The van der Waals surface area contributed by atoms with E-state index in [0.29, 0.717) is 19.4 Å². The highest BCUT2D eigenvalue weighted by Gasteiger charge is 2.21. The van der Waals surface area contributed by atoms with Crippen molar-refractivity contribution in [3.05, 3.63) is 0 Å². The second-order valence-electron chi connectivity index (χ2n) is 12.8. The Morgan fingerprint density at radius 3 is 0.929 bits per heavy atom. The monoisotopic (exact) mass is 618 g/mol. The molecule has 0 saturated heterocycles. The van der Waals surface area contributed by atoms with E-state index in [9.17, 15) is 9.59 Å². The molecular weight excluding hydrogens is 546 g/mol. The van der Waals surface area contributed by atoms with Crippen LogP contribution in [0.3, 0.4) is 0 Å². The zero-order valence-corrected chi connectivity index (χ0v) is 29.4. The van der Waals surface area contributed by atoms with Crippen LogP contribution in [0.5, 0.6) is 0 Å². The molecule has 0 rings (SSSR count). The van der Waals surface area contributed by atoms with Gasteiger partial charge in [0.25, 0.3) is 6.29 Å². The second-order valence-corrected chi connectivity index (χ2v) is 12.8. The molecule has 0 spiro atoms. The van der Waals surface area contributed by atoms with Crippen LogP contribution < -0.4 is 17.3 Å². The summed E-state index contributed by atoms with van der Waals surface area (Å²) in [6.45, 7) is 5.02. The first kappa shape index (κ1) is 43.3. The number of esters is 2. The maximum absolute atomic E-state index is 12.4. The van der Waals surface area contributed by atoms with Gasteiger partial charge in [0.05, 0.1) is 14.1 Å². The third-order valence-corrected chi connectivity index (χ3v) is 8.07. The maximum atomic E-state index is 12.4. The molecule has 0 bridgehead atoms. The maximum Gasteiger partial charge on any atom is 0.309 e. The second kappa shape index (κ2) is 34.7. The zero-order valence-electron chi connectivity index (χ0n) is 28.6. The van der Waals surface area contributed by atoms with Gasteiger partial charge >= 0.3 is 11.9 Å². The van der Waals surface area contributed by atoms with Crippen LogP contribution >= 0.6 is 0 Å². The van der Waals surface area contributed by atoms with Crippen molar-refractivity contribution in [1.82, 2.24) is 0 Å². The Morgan fingerprint density at radius 2 is 0.690 bits per heavy atom. The molecule has 0 atom stereocenters. The van der Waals surface area contributed by atoms with Gasteiger partial charge in [0, 0.05) is 12.8 Å². The average Bonchev–Trinajstić information content (AvgIpc) is 2.93. The van der Waals surface area contributed by atoms with Gasteiger partial charge in [-0.15, -0.1) is 0 Å². The molecule has 0 aliphatic rings. The van der Waals surface area contributed by atoms with Gasteiger partial charge in [-0.25, -0.2) is 0 Å². The summed E-state index contributed by atoms with van der Waals surface area (Å²) in [4.78, 5) is 25.9. The largest absolute Gasteiger partial charge is 1.00 e. The van der Waals surface area contributed by atoms with Crippen molar-refractivity contribution < 1.29 is 36.4 Å². The molecule has 6 heteroatoms. The minimum absolute atomic E-state index is 0. The molecule has 0 fully saturated rings. The third kappa shape index (κ3) is 33.7. The first-order valence-electron chi connectivity index (χ1n) is 18.2. The van der Waals surface area contributed by atoms with Crippen molar-refractivity contribution in [3.63, 3.8) is 0 Å². The standard InChI is InChI=1S/C36H71NO4.ClH/c1-5-7-9-11-13-15-17-19-21-23-25-27-29-31-34(38)40-36(33-37(3)4)41-35(39)32-30-28-26-24-22-20-18-16-14-12-10-8-6-2;/h36H,5-33H2,1-4H3;1H. The lowest BCUT2D eigenvalue weighted by Gasteiger charge is -2.19. The highest BCUT2D eigenvalue weighted by atomic mass is 35.5. The highest BCUT2D eigenvalue weighted by Crippen LogP contribution is 2.15. The van der Waals surface area contributed by atoms with Crippen LogP contribution in [0.15, 0.2) is 0 Å². The third-order valence-electron chi connectivity index (χ3n) is 8.07. The molecule has 0 aliphatic heterocycles. The summed E-state index contributed by atoms with van der Waals surface area (Å²) in [5.74, 6) is -0.485. The number of hydrogen-bond donors (Lipinski definition) is 1. The lowest BCUT2D eigenvalue weighted by atomic mass is 10.0. The topological polar surface area (TPSA) is 57.0 Å². The molecule has 0 heterocycles. The van der Waals surface area contributed by atoms with Crippen LogP contribution in [0.2, 0.25) is 0 Å². The van der Waals surface area contributed by atoms with E-state index in [1.807, 2.05) is 14.1 Å². The number of carbonyl (C=O) groups is 2. The van der Waals surface area contributed by atoms with Crippen molar-refractivity contribution in [2.75, 3.05) is 20.6 Å². The van der Waals surface area contributed by atoms with Crippen LogP contribution in [-0.4, -0.2) is 38.9 Å². The van der Waals surface area contributed by atoms with Crippen LogP contribution in [0, 0.1) is 0 Å². The summed E-state index contributed by atoms with van der Waals surface area (Å²) in [5.41, 5.74) is 0. The molecule has 5 nitrogen and oxygen atoms in total. The van der Waals surface area contributed by atoms with E-state index in [-0.39, 0.29) is 24.3 Å². The Kier molecular flexibility index (Phi) is 35.8. The molecule has 0 aromatic carbocycles. The summed E-state index contributed by atoms with van der Waals surface area (Å²) < 4.78 is 11.1. The number of quaternary nitrogens is 1. The molecule has 0 aliphatic carbocycles. The number of ether oxygens (including phenoxy) is 2. The Bertz CT molecular complexity index is 529. The van der Waals surface area contributed by atoms with Crippen LogP contribution in [0.25, 0.3) is 0 Å². The predicted octanol–water partition coefficient (Wildman–Crippen LogP) is 6.51. The Balaban J connectivity index is 0. The van der Waals surface area contributed by atoms with Crippen molar-refractivity contribution in [3.8, 4) is 0 Å². The van der Waals surface area contributed by atoms with Crippen molar-refractivity contribution in [2.24, 2.45) is 0 Å². The van der Waals surface area contributed by atoms with E-state index in [1.165, 1.54) is 141 Å². The van der Waals surface area contributed by atoms with Gasteiger partial charge in [0.15, 0.2) is 6.54 Å². The van der Waals surface area contributed by atoms with Crippen molar-refractivity contribution in [1.29, 1.82) is 0 Å². The smallest absolute Gasteiger partial charge is 0.309 e. The van der Waals surface area contributed by atoms with Gasteiger partial charge < -0.3 is 26.8 Å². The van der Waals surface area contributed by atoms with Gasteiger partial charge in [0.2, 0.25) is 0 Å². The van der Waals surface area contributed by atoms with E-state index >= 15 is 0 Å². The van der Waals surface area contributed by atoms with Crippen LogP contribution in [0.1, 0.15) is 194 Å². The fraction of sp³-hybridized carbons (Fsp3) is 0.944. The molecule has 0 aromatic rings. The molecule has 252 valence electrons. The molecule has 42 heavy (non-hydrogen) atoms. The highest BCUT2D eigenvalue weighted by molar-refractivity contribution is 5.71. The molecule has 0 aromatic heterocycles. The number of carbonyl (C=O) groups excluding carboxylic acids is 2. The van der Waals surface area contributed by atoms with Gasteiger partial charge in [-0.1, -0.05) is 168 Å². The summed E-state index contributed by atoms with van der Waals surface area (Å²) in [7, 11) is 3.96. The van der Waals surface area contributed by atoms with E-state index in [0.717, 1.165) is 30.6 Å². The first-order chi connectivity index (χ1) is 20.0.